The molecule has 0 bridgehead atoms. The molecule has 5 heteroatoms. The third-order valence-corrected chi connectivity index (χ3v) is 5.03. The van der Waals surface area contributed by atoms with Crippen molar-refractivity contribution >= 4 is 11.9 Å². The first kappa shape index (κ1) is 15.3. The van der Waals surface area contributed by atoms with Crippen LogP contribution in [0.3, 0.4) is 0 Å². The fourth-order valence-corrected chi connectivity index (χ4v) is 3.55. The van der Waals surface area contributed by atoms with Gasteiger partial charge in [-0.1, -0.05) is 12.8 Å². The Balaban J connectivity index is 1.84. The first-order valence-corrected chi connectivity index (χ1v) is 7.53. The molecule has 0 aromatic rings. The second-order valence-electron chi connectivity index (χ2n) is 6.47. The Morgan fingerprint density at radius 1 is 1.10 bits per heavy atom. The van der Waals surface area contributed by atoms with E-state index in [2.05, 4.69) is 5.32 Å². The van der Waals surface area contributed by atoms with Gasteiger partial charge in [0.05, 0.1) is 12.0 Å². The largest absolute Gasteiger partial charge is 0.481 e. The van der Waals surface area contributed by atoms with Crippen molar-refractivity contribution in [1.29, 1.82) is 0 Å². The number of methoxy groups -OCH3 is 1. The number of aliphatic carboxylic acids is 1. The van der Waals surface area contributed by atoms with Gasteiger partial charge in [-0.05, 0) is 37.5 Å². The molecule has 0 unspecified atom stereocenters. The van der Waals surface area contributed by atoms with E-state index in [1.165, 1.54) is 0 Å². The monoisotopic (exact) mass is 283 g/mol. The number of rotatable bonds is 7. The molecule has 0 aromatic heterocycles. The standard InChI is InChI=1S/C15H25NO4/c1-20-15(7-4-8-15)11-16-12(17)9-14(10-13(18)19)5-2-3-6-14/h2-11H2,1H3,(H,16,17)(H,18,19). The van der Waals surface area contributed by atoms with Crippen LogP contribution in [0.1, 0.15) is 57.8 Å². The smallest absolute Gasteiger partial charge is 0.303 e. The predicted molar refractivity (Wildman–Crippen MR) is 74.4 cm³/mol. The van der Waals surface area contributed by atoms with Crippen LogP contribution in [-0.4, -0.2) is 36.2 Å². The van der Waals surface area contributed by atoms with Gasteiger partial charge in [-0.15, -0.1) is 0 Å². The molecule has 0 saturated heterocycles. The summed E-state index contributed by atoms with van der Waals surface area (Å²) in [6.45, 7) is 0.547. The fraction of sp³-hybridized carbons (Fsp3) is 0.867. The van der Waals surface area contributed by atoms with Gasteiger partial charge < -0.3 is 15.2 Å². The number of amides is 1. The summed E-state index contributed by atoms with van der Waals surface area (Å²) >= 11 is 0. The van der Waals surface area contributed by atoms with Crippen LogP contribution in [0, 0.1) is 5.41 Å². The minimum atomic E-state index is -0.799. The lowest BCUT2D eigenvalue weighted by Crippen LogP contribution is -2.49. The highest BCUT2D eigenvalue weighted by Crippen LogP contribution is 2.44. The van der Waals surface area contributed by atoms with Crippen molar-refractivity contribution in [2.24, 2.45) is 5.41 Å². The van der Waals surface area contributed by atoms with Gasteiger partial charge in [0.2, 0.25) is 5.91 Å². The lowest BCUT2D eigenvalue weighted by Gasteiger charge is -2.40. The topological polar surface area (TPSA) is 75.6 Å². The SMILES string of the molecule is COC1(CNC(=O)CC2(CC(=O)O)CCCC2)CCC1. The third kappa shape index (κ3) is 3.51. The Labute approximate surface area is 120 Å². The van der Waals surface area contributed by atoms with Crippen LogP contribution in [0.2, 0.25) is 0 Å². The molecule has 0 radical (unpaired) electrons. The van der Waals surface area contributed by atoms with Gasteiger partial charge in [0, 0.05) is 20.1 Å². The first-order chi connectivity index (χ1) is 9.49. The molecule has 0 spiro atoms. The zero-order chi connectivity index (χ0) is 14.6. The number of ether oxygens (including phenoxy) is 1. The maximum absolute atomic E-state index is 12.1. The van der Waals surface area contributed by atoms with Crippen molar-refractivity contribution in [2.75, 3.05) is 13.7 Å². The molecular weight excluding hydrogens is 258 g/mol. The van der Waals surface area contributed by atoms with Gasteiger partial charge in [-0.25, -0.2) is 0 Å². The fourth-order valence-electron chi connectivity index (χ4n) is 3.55. The van der Waals surface area contributed by atoms with Crippen molar-refractivity contribution in [3.8, 4) is 0 Å². The summed E-state index contributed by atoms with van der Waals surface area (Å²) in [5.74, 6) is -0.830. The molecule has 114 valence electrons. The quantitative estimate of drug-likeness (QED) is 0.750. The van der Waals surface area contributed by atoms with Crippen molar-refractivity contribution in [3.63, 3.8) is 0 Å². The number of hydrogen-bond donors (Lipinski definition) is 2. The zero-order valence-corrected chi connectivity index (χ0v) is 12.2. The average molecular weight is 283 g/mol. The summed E-state index contributed by atoms with van der Waals surface area (Å²) < 4.78 is 5.48. The minimum absolute atomic E-state index is 0.0310. The summed E-state index contributed by atoms with van der Waals surface area (Å²) in [7, 11) is 1.69. The van der Waals surface area contributed by atoms with Crippen molar-refractivity contribution in [1.82, 2.24) is 5.32 Å². The van der Waals surface area contributed by atoms with Gasteiger partial charge in [0.1, 0.15) is 0 Å². The maximum Gasteiger partial charge on any atom is 0.303 e. The van der Waals surface area contributed by atoms with E-state index in [9.17, 15) is 9.59 Å². The van der Waals surface area contributed by atoms with Gasteiger partial charge in [0.25, 0.3) is 0 Å². The summed E-state index contributed by atoms with van der Waals surface area (Å²) in [6.07, 6.45) is 7.32. The molecule has 0 aromatic carbocycles. The van der Waals surface area contributed by atoms with Crippen LogP contribution in [0.5, 0.6) is 0 Å². The molecule has 0 atom stereocenters. The number of nitrogens with one attached hydrogen (secondary N) is 1. The molecule has 0 aliphatic heterocycles. The highest BCUT2D eigenvalue weighted by molar-refractivity contribution is 5.78. The molecule has 1 amide bonds. The number of carbonyl (C=O) groups is 2. The van der Waals surface area contributed by atoms with Crippen LogP contribution in [-0.2, 0) is 14.3 Å². The lowest BCUT2D eigenvalue weighted by atomic mass is 9.78. The molecular formula is C15H25NO4. The number of carboxylic acids is 1. The second-order valence-corrected chi connectivity index (χ2v) is 6.47. The van der Waals surface area contributed by atoms with Crippen molar-refractivity contribution in [2.45, 2.75) is 63.4 Å². The Hall–Kier alpha value is -1.10. The molecule has 0 heterocycles. The molecule has 2 N–H and O–H groups in total. The zero-order valence-electron chi connectivity index (χ0n) is 12.2. The van der Waals surface area contributed by atoms with Crippen molar-refractivity contribution in [3.05, 3.63) is 0 Å². The molecule has 2 rings (SSSR count). The first-order valence-electron chi connectivity index (χ1n) is 7.53. The second kappa shape index (κ2) is 6.12. The van der Waals surface area contributed by atoms with E-state index in [4.69, 9.17) is 9.84 Å². The minimum Gasteiger partial charge on any atom is -0.481 e. The molecule has 2 saturated carbocycles. The molecule has 20 heavy (non-hydrogen) atoms. The Morgan fingerprint density at radius 2 is 1.75 bits per heavy atom. The summed E-state index contributed by atoms with van der Waals surface area (Å²) in [6, 6.07) is 0. The number of hydrogen-bond acceptors (Lipinski definition) is 3. The predicted octanol–water partition coefficient (Wildman–Crippen LogP) is 2.10. The van der Waals surface area contributed by atoms with Gasteiger partial charge in [-0.3, -0.25) is 9.59 Å². The van der Waals surface area contributed by atoms with Crippen LogP contribution in [0.4, 0.5) is 0 Å². The van der Waals surface area contributed by atoms with Gasteiger partial charge in [-0.2, -0.15) is 0 Å². The van der Waals surface area contributed by atoms with Crippen LogP contribution in [0.15, 0.2) is 0 Å². The Kier molecular flexibility index (Phi) is 4.68. The Morgan fingerprint density at radius 3 is 2.20 bits per heavy atom. The van der Waals surface area contributed by atoms with E-state index in [1.807, 2.05) is 0 Å². The van der Waals surface area contributed by atoms with Crippen LogP contribution in [0.25, 0.3) is 0 Å². The van der Waals surface area contributed by atoms with E-state index in [0.29, 0.717) is 13.0 Å². The van der Waals surface area contributed by atoms with Gasteiger partial charge >= 0.3 is 5.97 Å². The van der Waals surface area contributed by atoms with Crippen molar-refractivity contribution < 1.29 is 19.4 Å². The van der Waals surface area contributed by atoms with E-state index < -0.39 is 5.97 Å². The normalized spacial score (nSPS) is 23.1. The highest BCUT2D eigenvalue weighted by Gasteiger charge is 2.40. The van der Waals surface area contributed by atoms with E-state index in [-0.39, 0.29) is 23.3 Å². The average Bonchev–Trinajstić information content (AvgIpc) is 2.75. The Bertz CT molecular complexity index is 365. The van der Waals surface area contributed by atoms with Gasteiger partial charge in [0.15, 0.2) is 0 Å². The number of carbonyl (C=O) groups excluding carboxylic acids is 1. The molecule has 2 aliphatic rings. The van der Waals surface area contributed by atoms with Crippen LogP contribution < -0.4 is 5.32 Å². The third-order valence-electron chi connectivity index (χ3n) is 5.03. The molecule has 2 aliphatic carbocycles. The van der Waals surface area contributed by atoms with E-state index >= 15 is 0 Å². The molecule has 2 fully saturated rings. The molecule has 5 nitrogen and oxygen atoms in total. The number of carboxylic acid groups (broad SMARTS) is 1. The van der Waals surface area contributed by atoms with E-state index in [1.54, 1.807) is 7.11 Å². The highest BCUT2D eigenvalue weighted by atomic mass is 16.5. The summed E-state index contributed by atoms with van der Waals surface area (Å²) in [5.41, 5.74) is -0.499. The van der Waals surface area contributed by atoms with Crippen LogP contribution >= 0.6 is 0 Å². The summed E-state index contributed by atoms with van der Waals surface area (Å²) in [5, 5.41) is 12.0. The summed E-state index contributed by atoms with van der Waals surface area (Å²) in [4.78, 5) is 23.1. The van der Waals surface area contributed by atoms with E-state index in [0.717, 1.165) is 44.9 Å². The maximum atomic E-state index is 12.1. The lowest BCUT2D eigenvalue weighted by molar-refractivity contribution is -0.140.